The molecule has 0 aliphatic carbocycles. The highest BCUT2D eigenvalue weighted by Gasteiger charge is 2.38. The van der Waals surface area contributed by atoms with Gasteiger partial charge in [-0.2, -0.15) is 0 Å². The van der Waals surface area contributed by atoms with Gasteiger partial charge in [0.1, 0.15) is 5.70 Å². The number of nitro groups is 1. The van der Waals surface area contributed by atoms with E-state index < -0.39 is 16.7 Å². The molecule has 150 valence electrons. The number of anilines is 1. The summed E-state index contributed by atoms with van der Waals surface area (Å²) < 4.78 is 0. The fourth-order valence-electron chi connectivity index (χ4n) is 3.19. The van der Waals surface area contributed by atoms with E-state index in [1.165, 1.54) is 24.3 Å². The molecule has 0 spiro atoms. The molecule has 7 nitrogen and oxygen atoms in total. The second-order valence-corrected chi connectivity index (χ2v) is 7.86. The van der Waals surface area contributed by atoms with Crippen molar-refractivity contribution in [2.45, 2.75) is 33.1 Å². The SMILES string of the molecule is CCN1C(=O)C(Nc2ccc(C(C)(C)C)cc2)=C(c2ccc([N+](=O)[O-])cc2)C1=O. The van der Waals surface area contributed by atoms with E-state index in [0.29, 0.717) is 11.3 Å². The number of amides is 2. The van der Waals surface area contributed by atoms with Crippen molar-refractivity contribution in [2.75, 3.05) is 11.9 Å². The molecule has 2 aromatic carbocycles. The Balaban J connectivity index is 2.01. The zero-order valence-corrected chi connectivity index (χ0v) is 16.9. The van der Waals surface area contributed by atoms with Crippen LogP contribution in [0.5, 0.6) is 0 Å². The molecule has 1 heterocycles. The Kier molecular flexibility index (Phi) is 5.24. The van der Waals surface area contributed by atoms with Gasteiger partial charge >= 0.3 is 0 Å². The van der Waals surface area contributed by atoms with Crippen molar-refractivity contribution in [1.29, 1.82) is 0 Å². The number of likely N-dealkylation sites (N-methyl/N-ethyl adjacent to an activating group) is 1. The van der Waals surface area contributed by atoms with E-state index in [1.54, 1.807) is 6.92 Å². The Bertz CT molecular complexity index is 1000. The normalized spacial score (nSPS) is 14.6. The molecule has 0 unspecified atom stereocenters. The smallest absolute Gasteiger partial charge is 0.278 e. The largest absolute Gasteiger partial charge is 0.350 e. The molecule has 0 atom stereocenters. The Labute approximate surface area is 169 Å². The fraction of sp³-hybridized carbons (Fsp3) is 0.273. The molecule has 1 aliphatic heterocycles. The third kappa shape index (κ3) is 3.89. The number of hydrogen-bond donors (Lipinski definition) is 1. The van der Waals surface area contributed by atoms with Gasteiger partial charge in [-0.3, -0.25) is 24.6 Å². The van der Waals surface area contributed by atoms with E-state index in [4.69, 9.17) is 0 Å². The standard InChI is InChI=1S/C22H23N3O4/c1-5-24-20(26)18(14-6-12-17(13-7-14)25(28)29)19(21(24)27)23-16-10-8-15(9-11-16)22(2,3)4/h6-13,23H,5H2,1-4H3. The van der Waals surface area contributed by atoms with Gasteiger partial charge in [-0.25, -0.2) is 0 Å². The second-order valence-electron chi connectivity index (χ2n) is 7.86. The van der Waals surface area contributed by atoms with Crippen LogP contribution in [0.4, 0.5) is 11.4 Å². The van der Waals surface area contributed by atoms with Crippen molar-refractivity contribution in [3.05, 3.63) is 75.5 Å². The Hall–Kier alpha value is -3.48. The molecule has 2 amide bonds. The number of nitro benzene ring substituents is 1. The molecule has 2 aromatic rings. The molecule has 1 aliphatic rings. The number of nitrogens with one attached hydrogen (secondary N) is 1. The summed E-state index contributed by atoms with van der Waals surface area (Å²) in [6.45, 7) is 8.31. The van der Waals surface area contributed by atoms with Crippen LogP contribution in [-0.2, 0) is 15.0 Å². The van der Waals surface area contributed by atoms with Gasteiger partial charge in [-0.15, -0.1) is 0 Å². The summed E-state index contributed by atoms with van der Waals surface area (Å²) in [5.41, 5.74) is 2.60. The minimum absolute atomic E-state index is 0.000131. The van der Waals surface area contributed by atoms with Crippen molar-refractivity contribution in [2.24, 2.45) is 0 Å². The number of hydrogen-bond acceptors (Lipinski definition) is 5. The van der Waals surface area contributed by atoms with E-state index in [0.717, 1.165) is 10.5 Å². The van der Waals surface area contributed by atoms with Gasteiger partial charge in [0.15, 0.2) is 0 Å². The fourth-order valence-corrected chi connectivity index (χ4v) is 3.19. The quantitative estimate of drug-likeness (QED) is 0.469. The Morgan fingerprint density at radius 3 is 2.03 bits per heavy atom. The molecule has 29 heavy (non-hydrogen) atoms. The molecule has 3 rings (SSSR count). The van der Waals surface area contributed by atoms with E-state index in [-0.39, 0.29) is 28.9 Å². The van der Waals surface area contributed by atoms with Gasteiger partial charge in [0, 0.05) is 24.4 Å². The first-order valence-corrected chi connectivity index (χ1v) is 9.36. The van der Waals surface area contributed by atoms with Gasteiger partial charge in [0.25, 0.3) is 17.5 Å². The average Bonchev–Trinajstić information content (AvgIpc) is 2.91. The third-order valence-corrected chi connectivity index (χ3v) is 4.87. The van der Waals surface area contributed by atoms with Crippen LogP contribution in [0.25, 0.3) is 5.57 Å². The zero-order chi connectivity index (χ0) is 21.3. The average molecular weight is 393 g/mol. The highest BCUT2D eigenvalue weighted by Crippen LogP contribution is 2.32. The van der Waals surface area contributed by atoms with Crippen molar-refractivity contribution < 1.29 is 14.5 Å². The van der Waals surface area contributed by atoms with Gasteiger partial charge in [0.05, 0.1) is 10.5 Å². The summed E-state index contributed by atoms with van der Waals surface area (Å²) in [4.78, 5) is 37.2. The molecular formula is C22H23N3O4. The third-order valence-electron chi connectivity index (χ3n) is 4.87. The number of rotatable bonds is 5. The van der Waals surface area contributed by atoms with Crippen molar-refractivity contribution in [3.63, 3.8) is 0 Å². The molecular weight excluding hydrogens is 370 g/mol. The molecule has 0 fully saturated rings. The van der Waals surface area contributed by atoms with Crippen LogP contribution in [0.1, 0.15) is 38.8 Å². The molecule has 0 bridgehead atoms. The molecule has 0 saturated carbocycles. The molecule has 0 radical (unpaired) electrons. The summed E-state index contributed by atoms with van der Waals surface area (Å²) in [5.74, 6) is -0.828. The van der Waals surface area contributed by atoms with Crippen LogP contribution in [0.15, 0.2) is 54.2 Å². The minimum Gasteiger partial charge on any atom is -0.350 e. The molecule has 0 aromatic heterocycles. The van der Waals surface area contributed by atoms with Gasteiger partial charge in [0.2, 0.25) is 0 Å². The minimum atomic E-state index is -0.506. The highest BCUT2D eigenvalue weighted by molar-refractivity contribution is 6.36. The number of non-ortho nitro benzene ring substituents is 1. The van der Waals surface area contributed by atoms with Crippen molar-refractivity contribution in [3.8, 4) is 0 Å². The van der Waals surface area contributed by atoms with E-state index in [9.17, 15) is 19.7 Å². The zero-order valence-electron chi connectivity index (χ0n) is 16.9. The van der Waals surface area contributed by atoms with Crippen molar-refractivity contribution in [1.82, 2.24) is 4.90 Å². The van der Waals surface area contributed by atoms with E-state index >= 15 is 0 Å². The predicted octanol–water partition coefficient (Wildman–Crippen LogP) is 4.10. The molecule has 1 N–H and O–H groups in total. The number of benzene rings is 2. The van der Waals surface area contributed by atoms with Crippen molar-refractivity contribution >= 4 is 28.8 Å². The summed E-state index contributed by atoms with van der Waals surface area (Å²) >= 11 is 0. The number of carbonyl (C=O) groups is 2. The van der Waals surface area contributed by atoms with Gasteiger partial charge in [-0.1, -0.05) is 32.9 Å². The van der Waals surface area contributed by atoms with Crippen LogP contribution >= 0.6 is 0 Å². The first-order valence-electron chi connectivity index (χ1n) is 9.36. The number of imide groups is 1. The Morgan fingerprint density at radius 2 is 1.55 bits per heavy atom. The van der Waals surface area contributed by atoms with Crippen LogP contribution in [-0.4, -0.2) is 28.2 Å². The summed E-state index contributed by atoms with van der Waals surface area (Å²) in [6.07, 6.45) is 0. The predicted molar refractivity (Wildman–Crippen MR) is 111 cm³/mol. The van der Waals surface area contributed by atoms with Crippen LogP contribution < -0.4 is 5.32 Å². The lowest BCUT2D eigenvalue weighted by Crippen LogP contribution is -2.32. The second kappa shape index (κ2) is 7.50. The lowest BCUT2D eigenvalue weighted by Gasteiger charge is -2.19. The lowest BCUT2D eigenvalue weighted by atomic mass is 9.87. The monoisotopic (exact) mass is 393 g/mol. The maximum Gasteiger partial charge on any atom is 0.278 e. The number of carbonyl (C=O) groups excluding carboxylic acids is 2. The first-order chi connectivity index (χ1) is 13.6. The van der Waals surface area contributed by atoms with E-state index in [1.807, 2.05) is 24.3 Å². The van der Waals surface area contributed by atoms with Crippen LogP contribution in [0, 0.1) is 10.1 Å². The maximum atomic E-state index is 12.8. The highest BCUT2D eigenvalue weighted by atomic mass is 16.6. The Morgan fingerprint density at radius 1 is 0.966 bits per heavy atom. The van der Waals surface area contributed by atoms with Gasteiger partial charge in [-0.05, 0) is 47.7 Å². The van der Waals surface area contributed by atoms with Crippen LogP contribution in [0.2, 0.25) is 0 Å². The lowest BCUT2D eigenvalue weighted by molar-refractivity contribution is -0.384. The summed E-state index contributed by atoms with van der Waals surface area (Å²) in [6, 6.07) is 13.3. The van der Waals surface area contributed by atoms with E-state index in [2.05, 4.69) is 26.1 Å². The summed E-state index contributed by atoms with van der Waals surface area (Å²) in [7, 11) is 0. The van der Waals surface area contributed by atoms with Gasteiger partial charge < -0.3 is 5.32 Å². The first kappa shape index (κ1) is 20.3. The molecule has 7 heteroatoms. The van der Waals surface area contributed by atoms with Crippen LogP contribution in [0.3, 0.4) is 0 Å². The summed E-state index contributed by atoms with van der Waals surface area (Å²) in [5, 5.41) is 14.0. The molecule has 0 saturated heterocycles. The number of nitrogens with zero attached hydrogens (tertiary/aromatic N) is 2. The topological polar surface area (TPSA) is 92.6 Å². The maximum absolute atomic E-state index is 12.8.